The van der Waals surface area contributed by atoms with E-state index in [0.717, 1.165) is 22.3 Å². The molecule has 0 unspecified atom stereocenters. The molecular formula is C45H50Cl2N4O10S3. The number of hydrogen-bond donors (Lipinski definition) is 0. The van der Waals surface area contributed by atoms with E-state index in [0.29, 0.717) is 64.6 Å². The van der Waals surface area contributed by atoms with Crippen molar-refractivity contribution in [3.05, 3.63) is 104 Å². The van der Waals surface area contributed by atoms with Crippen LogP contribution in [0.1, 0.15) is 107 Å². The van der Waals surface area contributed by atoms with E-state index in [2.05, 4.69) is 10.2 Å². The topological polar surface area (TPSA) is 196 Å². The van der Waals surface area contributed by atoms with Gasteiger partial charge in [-0.25, -0.2) is 34.9 Å². The maximum absolute atomic E-state index is 12.9. The summed E-state index contributed by atoms with van der Waals surface area (Å²) in [7, 11) is -5.08. The van der Waals surface area contributed by atoms with Crippen molar-refractivity contribution < 1.29 is 44.4 Å². The summed E-state index contributed by atoms with van der Waals surface area (Å²) in [6, 6.07) is 9.36. The molecular weight excluding hydrogens is 924 g/mol. The fourth-order valence-corrected chi connectivity index (χ4v) is 17.0. The second-order valence-electron chi connectivity index (χ2n) is 18.4. The van der Waals surface area contributed by atoms with Gasteiger partial charge in [0.15, 0.2) is 35.3 Å². The molecule has 4 aromatic rings. The Morgan fingerprint density at radius 2 is 1.03 bits per heavy atom. The van der Waals surface area contributed by atoms with Gasteiger partial charge in [0.1, 0.15) is 5.56 Å². The SMILES string of the molecule is COc1c(C(=O)c2ccc3c(c2C)C(C)(C)CS3(=O)=O)cnn1C.Cc1c(C(=O)Cl)ccc2c1C(C)(C)CS2(=O)=O.Cc1c(C(Cl)=C2C=NN(C)C2=O)ccc2c1C(C)(C)CS2(=O)=O. The Balaban J connectivity index is 0.000000162. The second-order valence-corrected chi connectivity index (χ2v) is 25.0. The molecule has 0 bridgehead atoms. The van der Waals surface area contributed by atoms with E-state index < -0.39 is 51.0 Å². The largest absolute Gasteiger partial charge is 0.481 e. The first-order chi connectivity index (χ1) is 29.3. The number of halogens is 2. The number of hydrazone groups is 1. The number of ether oxygens (including phenoxy) is 1. The molecule has 0 aliphatic carbocycles. The molecule has 0 N–H and O–H groups in total. The lowest BCUT2D eigenvalue weighted by Crippen LogP contribution is -2.21. The Morgan fingerprint density at radius 3 is 1.42 bits per heavy atom. The van der Waals surface area contributed by atoms with Crippen LogP contribution >= 0.6 is 23.2 Å². The van der Waals surface area contributed by atoms with E-state index in [-0.39, 0.29) is 28.9 Å². The first-order valence-corrected chi connectivity index (χ1v) is 25.7. The third-order valence-corrected chi connectivity index (χ3v) is 19.1. The van der Waals surface area contributed by atoms with Crippen LogP contribution in [0.15, 0.2) is 68.0 Å². The molecule has 0 saturated heterocycles. The summed E-state index contributed by atoms with van der Waals surface area (Å²) in [4.78, 5) is 37.3. The fraction of sp³-hybridized carbons (Fsp3) is 0.400. The van der Waals surface area contributed by atoms with Gasteiger partial charge in [-0.15, -0.1) is 0 Å². The average Bonchev–Trinajstić information content (AvgIpc) is 3.87. The lowest BCUT2D eigenvalue weighted by molar-refractivity contribution is -0.124. The average molecular weight is 974 g/mol. The van der Waals surface area contributed by atoms with Crippen LogP contribution in [0.5, 0.6) is 5.88 Å². The van der Waals surface area contributed by atoms with E-state index in [4.69, 9.17) is 27.9 Å². The van der Waals surface area contributed by atoms with Gasteiger partial charge in [0.2, 0.25) is 5.88 Å². The predicted molar refractivity (Wildman–Crippen MR) is 246 cm³/mol. The lowest BCUT2D eigenvalue weighted by Gasteiger charge is -2.21. The van der Waals surface area contributed by atoms with E-state index >= 15 is 0 Å². The Bertz CT molecular complexity index is 3130. The van der Waals surface area contributed by atoms with E-state index in [9.17, 15) is 39.6 Å². The molecule has 64 heavy (non-hydrogen) atoms. The normalized spacial score (nSPS) is 20.3. The number of ketones is 1. The summed E-state index contributed by atoms with van der Waals surface area (Å²) >= 11 is 11.9. The van der Waals surface area contributed by atoms with Gasteiger partial charge >= 0.3 is 0 Å². The minimum atomic E-state index is -3.30. The lowest BCUT2D eigenvalue weighted by atomic mass is 9.81. The Labute approximate surface area is 384 Å². The molecule has 0 saturated carbocycles. The Hall–Kier alpha value is -4.68. The molecule has 8 rings (SSSR count). The third kappa shape index (κ3) is 8.26. The zero-order chi connectivity index (χ0) is 48.0. The summed E-state index contributed by atoms with van der Waals surface area (Å²) in [5.74, 6) is 0.103. The molecule has 4 aliphatic rings. The van der Waals surface area contributed by atoms with Crippen LogP contribution < -0.4 is 4.74 Å². The summed E-state index contributed by atoms with van der Waals surface area (Å²) in [6.45, 7) is 16.7. The number of aromatic nitrogens is 2. The van der Waals surface area contributed by atoms with Crippen LogP contribution in [0.3, 0.4) is 0 Å². The molecule has 1 aromatic heterocycles. The first kappa shape index (κ1) is 48.8. The van der Waals surface area contributed by atoms with Crippen molar-refractivity contribution in [1.82, 2.24) is 14.8 Å². The Kier molecular flexibility index (Phi) is 12.4. The van der Waals surface area contributed by atoms with Gasteiger partial charge in [-0.05, 0) is 102 Å². The highest BCUT2D eigenvalue weighted by Crippen LogP contribution is 2.46. The number of nitrogens with zero attached hydrogens (tertiary/aromatic N) is 4. The van der Waals surface area contributed by atoms with Crippen LogP contribution in [-0.4, -0.2) is 94.6 Å². The zero-order valence-corrected chi connectivity index (χ0v) is 41.6. The standard InChI is InChI=1S/C17H20N2O4S.C16H17ClN2O3S.C12H13ClO3S/c1-10-11(15(20)12-8-18-19(4)16(12)23-5)6-7-13-14(10)17(2,3)9-24(13,21)22;1-9-10(14(17)11-7-18-19(4)15(11)20)5-6-12-13(9)16(2,3)8-23(12,21)22;1-7-8(11(13)14)4-5-9-10(7)12(2,3)6-17(9,15)16/h6-8H,9H2,1-5H3;5-7H,8H2,1-4H3;4-5H,6H2,1-3H3. The number of methoxy groups -OCH3 is 1. The quantitative estimate of drug-likeness (QED) is 0.114. The van der Waals surface area contributed by atoms with Crippen LogP contribution in [0, 0.1) is 20.8 Å². The van der Waals surface area contributed by atoms with Crippen LogP contribution in [-0.2, 0) is 57.6 Å². The highest BCUT2D eigenvalue weighted by molar-refractivity contribution is 7.92. The van der Waals surface area contributed by atoms with Gasteiger partial charge in [0, 0.05) is 41.5 Å². The molecule has 0 radical (unpaired) electrons. The van der Waals surface area contributed by atoms with Crippen molar-refractivity contribution in [2.45, 2.75) is 93.2 Å². The maximum atomic E-state index is 12.9. The number of likely N-dealkylation sites (N-methyl/N-ethyl adjacent to an activating group) is 1. The molecule has 14 nitrogen and oxygen atoms in total. The van der Waals surface area contributed by atoms with Crippen LogP contribution in [0.25, 0.3) is 5.03 Å². The minimum absolute atomic E-state index is 0.0596. The summed E-state index contributed by atoms with van der Waals surface area (Å²) < 4.78 is 80.1. The maximum Gasteiger partial charge on any atom is 0.276 e. The highest BCUT2D eigenvalue weighted by atomic mass is 35.5. The predicted octanol–water partition coefficient (Wildman–Crippen LogP) is 6.94. The molecule has 1 amide bonds. The smallest absolute Gasteiger partial charge is 0.276 e. The number of carbonyl (C=O) groups is 3. The number of benzene rings is 3. The van der Waals surface area contributed by atoms with Gasteiger partial charge < -0.3 is 4.74 Å². The number of aryl methyl sites for hydroxylation is 1. The zero-order valence-electron chi connectivity index (χ0n) is 37.6. The number of amides is 1. The van der Waals surface area contributed by atoms with Gasteiger partial charge in [-0.2, -0.15) is 10.2 Å². The van der Waals surface area contributed by atoms with Crippen LogP contribution in [0.2, 0.25) is 0 Å². The van der Waals surface area contributed by atoms with Crippen molar-refractivity contribution in [2.24, 2.45) is 12.1 Å². The molecule has 5 heterocycles. The van der Waals surface area contributed by atoms with Gasteiger partial charge in [-0.3, -0.25) is 14.4 Å². The second kappa shape index (κ2) is 16.3. The summed E-state index contributed by atoms with van der Waals surface area (Å²) in [6.07, 6.45) is 2.90. The first-order valence-electron chi connectivity index (χ1n) is 20.0. The molecule has 19 heteroatoms. The molecule has 4 aliphatic heterocycles. The van der Waals surface area contributed by atoms with E-state index in [1.54, 1.807) is 52.2 Å². The van der Waals surface area contributed by atoms with Crippen molar-refractivity contribution in [3.63, 3.8) is 0 Å². The van der Waals surface area contributed by atoms with E-state index in [1.165, 1.54) is 41.3 Å². The number of sulfone groups is 3. The van der Waals surface area contributed by atoms with Gasteiger partial charge in [0.05, 0.1) is 62.1 Å². The van der Waals surface area contributed by atoms with Crippen molar-refractivity contribution in [3.8, 4) is 5.88 Å². The number of rotatable bonds is 5. The third-order valence-electron chi connectivity index (χ3n) is 12.1. The number of carbonyl (C=O) groups excluding carboxylic acids is 3. The summed E-state index contributed by atoms with van der Waals surface area (Å²) in [5, 5.41) is 8.94. The highest BCUT2D eigenvalue weighted by Gasteiger charge is 2.45. The fourth-order valence-electron chi connectivity index (χ4n) is 9.62. The minimum Gasteiger partial charge on any atom is -0.481 e. The summed E-state index contributed by atoms with van der Waals surface area (Å²) in [5.41, 5.74) is 5.14. The van der Waals surface area contributed by atoms with E-state index in [1.807, 2.05) is 48.5 Å². The van der Waals surface area contributed by atoms with Crippen molar-refractivity contribution >= 4 is 80.9 Å². The molecule has 0 spiro atoms. The van der Waals surface area contributed by atoms with Crippen LogP contribution in [0.4, 0.5) is 0 Å². The van der Waals surface area contributed by atoms with Crippen molar-refractivity contribution in [1.29, 1.82) is 0 Å². The van der Waals surface area contributed by atoms with Gasteiger partial charge in [-0.1, -0.05) is 59.2 Å². The molecule has 3 aromatic carbocycles. The molecule has 342 valence electrons. The Morgan fingerprint density at radius 1 is 0.641 bits per heavy atom. The number of hydrogen-bond acceptors (Lipinski definition) is 12. The molecule has 0 atom stereocenters. The molecule has 0 fully saturated rings. The van der Waals surface area contributed by atoms with Gasteiger partial charge in [0.25, 0.3) is 11.1 Å². The van der Waals surface area contributed by atoms with Crippen molar-refractivity contribution in [2.75, 3.05) is 31.4 Å². The number of fused-ring (bicyclic) bond motifs is 3. The monoisotopic (exact) mass is 972 g/mol.